The van der Waals surface area contributed by atoms with Crippen LogP contribution in [0.2, 0.25) is 0 Å². The maximum atomic E-state index is 13.7. The molecule has 0 unspecified atom stereocenters. The number of carbonyl (C=O) groups excluding carboxylic acids is 1. The summed E-state index contributed by atoms with van der Waals surface area (Å²) in [5, 5.41) is 16.6. The summed E-state index contributed by atoms with van der Waals surface area (Å²) in [6.45, 7) is 6.24. The first-order chi connectivity index (χ1) is 15.1. The monoisotopic (exact) mass is 443 g/mol. The quantitative estimate of drug-likeness (QED) is 0.759. The lowest BCUT2D eigenvalue weighted by atomic mass is 9.71. The second-order valence-corrected chi connectivity index (χ2v) is 9.49. The SMILES string of the molecule is CC1(C)[C@H](c2nc(-c3ccc(F)cc3)no2)CC[C@]1(C)NCC(=O)N1C[C@@H](F)C[C@H]1C#N. The van der Waals surface area contributed by atoms with Crippen LogP contribution in [0.4, 0.5) is 8.78 Å². The van der Waals surface area contributed by atoms with Gasteiger partial charge >= 0.3 is 0 Å². The Bertz CT molecular complexity index is 1030. The molecule has 1 saturated carbocycles. The molecule has 1 amide bonds. The lowest BCUT2D eigenvalue weighted by Crippen LogP contribution is -2.55. The van der Waals surface area contributed by atoms with Crippen LogP contribution >= 0.6 is 0 Å². The molecule has 0 spiro atoms. The van der Waals surface area contributed by atoms with Crippen LogP contribution in [0.5, 0.6) is 0 Å². The lowest BCUT2D eigenvalue weighted by molar-refractivity contribution is -0.131. The molecule has 2 fully saturated rings. The third-order valence-corrected chi connectivity index (χ3v) is 7.42. The molecule has 2 heterocycles. The summed E-state index contributed by atoms with van der Waals surface area (Å²) in [6.07, 6.45) is 0.479. The van der Waals surface area contributed by atoms with Gasteiger partial charge in [0.05, 0.1) is 19.2 Å². The number of nitrogens with zero attached hydrogens (tertiary/aromatic N) is 4. The Hall–Kier alpha value is -2.86. The zero-order valence-corrected chi connectivity index (χ0v) is 18.4. The Morgan fingerprint density at radius 3 is 2.75 bits per heavy atom. The first kappa shape index (κ1) is 22.3. The van der Waals surface area contributed by atoms with Gasteiger partial charge in [-0.1, -0.05) is 19.0 Å². The molecule has 2 aliphatic rings. The molecule has 1 aromatic heterocycles. The van der Waals surface area contributed by atoms with Gasteiger partial charge in [0.15, 0.2) is 0 Å². The van der Waals surface area contributed by atoms with Crippen molar-refractivity contribution >= 4 is 5.91 Å². The summed E-state index contributed by atoms with van der Waals surface area (Å²) >= 11 is 0. The third-order valence-electron chi connectivity index (χ3n) is 7.42. The van der Waals surface area contributed by atoms with Gasteiger partial charge in [-0.05, 0) is 49.4 Å². The van der Waals surface area contributed by atoms with Gasteiger partial charge in [-0.25, -0.2) is 8.78 Å². The van der Waals surface area contributed by atoms with E-state index in [1.807, 2.05) is 6.07 Å². The van der Waals surface area contributed by atoms with E-state index < -0.39 is 17.8 Å². The Balaban J connectivity index is 1.45. The summed E-state index contributed by atoms with van der Waals surface area (Å²) in [5.41, 5.74) is -0.0655. The number of rotatable bonds is 5. The van der Waals surface area contributed by atoms with Crippen LogP contribution in [0.15, 0.2) is 28.8 Å². The summed E-state index contributed by atoms with van der Waals surface area (Å²) in [6, 6.07) is 7.23. The van der Waals surface area contributed by atoms with E-state index in [1.54, 1.807) is 12.1 Å². The van der Waals surface area contributed by atoms with Gasteiger partial charge in [-0.2, -0.15) is 10.2 Å². The van der Waals surface area contributed by atoms with Crippen LogP contribution in [0.1, 0.15) is 51.8 Å². The fourth-order valence-corrected chi connectivity index (χ4v) is 4.90. The molecular formula is C23H27F2N5O2. The van der Waals surface area contributed by atoms with Crippen molar-refractivity contribution in [1.82, 2.24) is 20.4 Å². The van der Waals surface area contributed by atoms with E-state index in [4.69, 9.17) is 4.52 Å². The van der Waals surface area contributed by atoms with Crippen molar-refractivity contribution in [3.8, 4) is 17.5 Å². The summed E-state index contributed by atoms with van der Waals surface area (Å²) in [7, 11) is 0. The van der Waals surface area contributed by atoms with Crippen molar-refractivity contribution in [2.45, 2.75) is 63.7 Å². The van der Waals surface area contributed by atoms with Gasteiger partial charge in [0.2, 0.25) is 17.6 Å². The van der Waals surface area contributed by atoms with Crippen LogP contribution in [0.3, 0.4) is 0 Å². The van der Waals surface area contributed by atoms with Crippen LogP contribution in [0, 0.1) is 22.6 Å². The molecule has 4 rings (SSSR count). The fourth-order valence-electron chi connectivity index (χ4n) is 4.90. The first-order valence-electron chi connectivity index (χ1n) is 10.8. The molecule has 4 atom stereocenters. The topological polar surface area (TPSA) is 95.1 Å². The zero-order valence-electron chi connectivity index (χ0n) is 18.4. The predicted octanol–water partition coefficient (Wildman–Crippen LogP) is 3.59. The van der Waals surface area contributed by atoms with Crippen molar-refractivity contribution in [3.05, 3.63) is 36.0 Å². The van der Waals surface area contributed by atoms with E-state index in [0.29, 0.717) is 17.3 Å². The molecular weight excluding hydrogens is 416 g/mol. The molecule has 7 nitrogen and oxygen atoms in total. The Labute approximate surface area is 185 Å². The van der Waals surface area contributed by atoms with E-state index in [1.165, 1.54) is 17.0 Å². The van der Waals surface area contributed by atoms with Gasteiger partial charge in [0, 0.05) is 23.4 Å². The summed E-state index contributed by atoms with van der Waals surface area (Å²) in [5.74, 6) is 0.280. The number of aromatic nitrogens is 2. The van der Waals surface area contributed by atoms with Gasteiger partial charge in [-0.3, -0.25) is 4.79 Å². The maximum absolute atomic E-state index is 13.7. The molecule has 2 aromatic rings. The number of carbonyl (C=O) groups is 1. The van der Waals surface area contributed by atoms with Gasteiger partial charge < -0.3 is 14.7 Å². The normalized spacial score (nSPS) is 29.2. The minimum absolute atomic E-state index is 0.0300. The Kier molecular flexibility index (Phi) is 5.76. The molecule has 0 bridgehead atoms. The highest BCUT2D eigenvalue weighted by Crippen LogP contribution is 2.54. The molecule has 1 aliphatic carbocycles. The largest absolute Gasteiger partial charge is 0.339 e. The summed E-state index contributed by atoms with van der Waals surface area (Å²) < 4.78 is 32.5. The Morgan fingerprint density at radius 2 is 2.06 bits per heavy atom. The second-order valence-electron chi connectivity index (χ2n) is 9.49. The number of amides is 1. The van der Waals surface area contributed by atoms with E-state index in [-0.39, 0.29) is 42.6 Å². The van der Waals surface area contributed by atoms with Crippen molar-refractivity contribution in [1.29, 1.82) is 5.26 Å². The molecule has 1 aromatic carbocycles. The Morgan fingerprint density at radius 1 is 1.34 bits per heavy atom. The fraction of sp³-hybridized carbons (Fsp3) is 0.565. The average molecular weight is 443 g/mol. The molecule has 9 heteroatoms. The van der Waals surface area contributed by atoms with Crippen molar-refractivity contribution in [2.75, 3.05) is 13.1 Å². The van der Waals surface area contributed by atoms with Crippen LogP contribution in [0.25, 0.3) is 11.4 Å². The molecule has 170 valence electrons. The number of nitriles is 1. The van der Waals surface area contributed by atoms with Crippen LogP contribution in [-0.4, -0.2) is 51.8 Å². The predicted molar refractivity (Wildman–Crippen MR) is 112 cm³/mol. The highest BCUT2D eigenvalue weighted by Gasteiger charge is 2.54. The number of likely N-dealkylation sites (tertiary alicyclic amines) is 1. The maximum Gasteiger partial charge on any atom is 0.237 e. The molecule has 1 N–H and O–H groups in total. The smallest absolute Gasteiger partial charge is 0.237 e. The van der Waals surface area contributed by atoms with E-state index in [2.05, 4.69) is 36.2 Å². The van der Waals surface area contributed by atoms with Crippen molar-refractivity contribution in [3.63, 3.8) is 0 Å². The first-order valence-corrected chi connectivity index (χ1v) is 10.8. The standard InChI is InChI=1S/C23H27F2N5O2/c1-22(2)18(21-28-20(29-32-21)14-4-6-15(24)7-5-14)8-9-23(22,3)27-12-19(31)30-13-16(25)10-17(30)11-26/h4-7,16-18,27H,8-10,12-13H2,1-3H3/t16-,17-,18-,23-/m0/s1. The minimum atomic E-state index is -1.15. The number of hydrogen-bond donors (Lipinski definition) is 1. The van der Waals surface area contributed by atoms with Crippen molar-refractivity contribution < 1.29 is 18.1 Å². The van der Waals surface area contributed by atoms with Crippen LogP contribution < -0.4 is 5.32 Å². The number of benzene rings is 1. The van der Waals surface area contributed by atoms with E-state index in [0.717, 1.165) is 12.8 Å². The van der Waals surface area contributed by atoms with Gasteiger partial charge in [-0.15, -0.1) is 0 Å². The van der Waals surface area contributed by atoms with E-state index >= 15 is 0 Å². The number of hydrogen-bond acceptors (Lipinski definition) is 6. The number of alkyl halides is 1. The minimum Gasteiger partial charge on any atom is -0.339 e. The molecule has 1 aliphatic heterocycles. The number of nitrogens with one attached hydrogen (secondary N) is 1. The highest BCUT2D eigenvalue weighted by molar-refractivity contribution is 5.79. The summed E-state index contributed by atoms with van der Waals surface area (Å²) in [4.78, 5) is 18.6. The van der Waals surface area contributed by atoms with E-state index in [9.17, 15) is 18.8 Å². The van der Waals surface area contributed by atoms with Gasteiger partial charge in [0.1, 0.15) is 18.0 Å². The molecule has 32 heavy (non-hydrogen) atoms. The molecule has 0 radical (unpaired) electrons. The number of halogens is 2. The second kappa shape index (κ2) is 8.24. The van der Waals surface area contributed by atoms with Crippen molar-refractivity contribution in [2.24, 2.45) is 5.41 Å². The lowest BCUT2D eigenvalue weighted by Gasteiger charge is -2.41. The third kappa shape index (κ3) is 3.88. The molecule has 1 saturated heterocycles. The van der Waals surface area contributed by atoms with Crippen LogP contribution in [-0.2, 0) is 4.79 Å². The highest BCUT2D eigenvalue weighted by atomic mass is 19.1. The zero-order chi connectivity index (χ0) is 23.1. The van der Waals surface area contributed by atoms with Gasteiger partial charge in [0.25, 0.3) is 0 Å². The average Bonchev–Trinajstić information content (AvgIpc) is 3.44.